The summed E-state index contributed by atoms with van der Waals surface area (Å²) in [5.41, 5.74) is 0.0531. The van der Waals surface area contributed by atoms with Crippen molar-refractivity contribution in [1.82, 2.24) is 0 Å². The van der Waals surface area contributed by atoms with E-state index in [1.54, 1.807) is 0 Å². The Morgan fingerprint density at radius 3 is 2.67 bits per heavy atom. The third-order valence-corrected chi connectivity index (χ3v) is 6.96. The molecule has 0 saturated carbocycles. The minimum atomic E-state index is -2.36. The van der Waals surface area contributed by atoms with E-state index in [-0.39, 0.29) is 18.2 Å². The lowest BCUT2D eigenvalue weighted by molar-refractivity contribution is -0.376. The van der Waals surface area contributed by atoms with Gasteiger partial charge in [0.15, 0.2) is 12.6 Å². The molecule has 2 heterocycles. The van der Waals surface area contributed by atoms with Gasteiger partial charge < -0.3 is 14.0 Å². The van der Waals surface area contributed by atoms with Crippen molar-refractivity contribution in [3.8, 4) is 0 Å². The van der Waals surface area contributed by atoms with Gasteiger partial charge in [0.25, 0.3) is 0 Å². The number of hydrogen-bond acceptors (Lipinski definition) is 3. The van der Waals surface area contributed by atoms with Gasteiger partial charge in [-0.2, -0.15) is 0 Å². The highest BCUT2D eigenvalue weighted by Crippen LogP contribution is 2.55. The van der Waals surface area contributed by atoms with Crippen molar-refractivity contribution >= 4 is 12.4 Å². The van der Waals surface area contributed by atoms with Crippen molar-refractivity contribution in [2.24, 2.45) is 0 Å². The topological polar surface area (TPSA) is 35.5 Å². The molecular weight excluding hydrogens is 247 g/mol. The van der Waals surface area contributed by atoms with E-state index in [4.69, 9.17) is 9.47 Å². The van der Waals surface area contributed by atoms with E-state index >= 15 is 0 Å². The van der Waals surface area contributed by atoms with Crippen LogP contribution in [0, 0.1) is 0 Å². The Bertz CT molecular complexity index is 491. The van der Waals surface area contributed by atoms with Gasteiger partial charge >= 0.3 is 0 Å². The second-order valence-corrected chi connectivity index (χ2v) is 7.95. The fraction of sp³-hybridized carbons (Fsp3) is 0.429. The highest BCUT2D eigenvalue weighted by Gasteiger charge is 2.40. The first-order valence-electron chi connectivity index (χ1n) is 6.30. The maximum absolute atomic E-state index is 13.1. The largest absolute Gasteiger partial charge is 0.324 e. The highest BCUT2D eigenvalue weighted by atomic mass is 31.2. The SMILES string of the molecule is CC1OC(C[C@H]2C=CC[P@]2(=O)c2ccccc2)O1. The maximum atomic E-state index is 13.1. The van der Waals surface area contributed by atoms with Crippen LogP contribution in [-0.4, -0.2) is 24.4 Å². The first-order valence-corrected chi connectivity index (χ1v) is 8.26. The van der Waals surface area contributed by atoms with Crippen molar-refractivity contribution in [3.05, 3.63) is 42.5 Å². The van der Waals surface area contributed by atoms with Crippen LogP contribution in [0.25, 0.3) is 0 Å². The highest BCUT2D eigenvalue weighted by molar-refractivity contribution is 7.72. The molecule has 96 valence electrons. The van der Waals surface area contributed by atoms with Crippen molar-refractivity contribution in [2.45, 2.75) is 31.6 Å². The summed E-state index contributed by atoms with van der Waals surface area (Å²) in [6.45, 7) is 1.87. The molecule has 2 atom stereocenters. The Balaban J connectivity index is 1.77. The Kier molecular flexibility index (Phi) is 3.14. The molecule has 0 amide bonds. The zero-order valence-corrected chi connectivity index (χ0v) is 11.3. The summed E-state index contributed by atoms with van der Waals surface area (Å²) >= 11 is 0. The van der Waals surface area contributed by atoms with E-state index in [0.717, 1.165) is 5.30 Å². The minimum Gasteiger partial charge on any atom is -0.324 e. The van der Waals surface area contributed by atoms with Gasteiger partial charge in [0.1, 0.15) is 7.14 Å². The molecule has 0 N–H and O–H groups in total. The summed E-state index contributed by atoms with van der Waals surface area (Å²) in [7, 11) is -2.36. The first kappa shape index (κ1) is 12.2. The van der Waals surface area contributed by atoms with Crippen LogP contribution in [0.2, 0.25) is 0 Å². The van der Waals surface area contributed by atoms with Gasteiger partial charge in [-0.25, -0.2) is 0 Å². The number of allylic oxidation sites excluding steroid dienone is 2. The lowest BCUT2D eigenvalue weighted by Crippen LogP contribution is -2.40. The summed E-state index contributed by atoms with van der Waals surface area (Å²) < 4.78 is 24.0. The van der Waals surface area contributed by atoms with Crippen molar-refractivity contribution in [3.63, 3.8) is 0 Å². The summed E-state index contributed by atoms with van der Waals surface area (Å²) in [4.78, 5) is 0. The van der Waals surface area contributed by atoms with E-state index in [9.17, 15) is 4.57 Å². The van der Waals surface area contributed by atoms with Crippen LogP contribution in [0.4, 0.5) is 0 Å². The molecule has 0 aliphatic carbocycles. The summed E-state index contributed by atoms with van der Waals surface area (Å²) in [6.07, 6.45) is 5.13. The molecule has 1 fully saturated rings. The van der Waals surface area contributed by atoms with Gasteiger partial charge in [0, 0.05) is 23.5 Å². The van der Waals surface area contributed by atoms with Crippen molar-refractivity contribution in [2.75, 3.05) is 6.16 Å². The molecule has 1 aromatic carbocycles. The van der Waals surface area contributed by atoms with Crippen molar-refractivity contribution in [1.29, 1.82) is 0 Å². The summed E-state index contributed by atoms with van der Waals surface area (Å²) in [6, 6.07) is 9.78. The lowest BCUT2D eigenvalue weighted by atomic mass is 10.2. The van der Waals surface area contributed by atoms with Gasteiger partial charge in [-0.1, -0.05) is 42.5 Å². The minimum absolute atomic E-state index is 0.0531. The van der Waals surface area contributed by atoms with Crippen LogP contribution < -0.4 is 5.30 Å². The molecule has 3 nitrogen and oxygen atoms in total. The second-order valence-electron chi connectivity index (χ2n) is 4.81. The zero-order chi connectivity index (χ0) is 12.6. The fourth-order valence-corrected chi connectivity index (χ4v) is 5.51. The molecule has 0 spiro atoms. The monoisotopic (exact) mass is 264 g/mol. The van der Waals surface area contributed by atoms with Crippen molar-refractivity contribution < 1.29 is 14.0 Å². The van der Waals surface area contributed by atoms with Crippen LogP contribution in [0.5, 0.6) is 0 Å². The molecule has 0 unspecified atom stereocenters. The predicted molar refractivity (Wildman–Crippen MR) is 71.5 cm³/mol. The van der Waals surface area contributed by atoms with Gasteiger partial charge in [-0.3, -0.25) is 0 Å². The molecule has 0 bridgehead atoms. The average molecular weight is 264 g/mol. The molecule has 2 aliphatic rings. The molecule has 0 radical (unpaired) electrons. The molecule has 18 heavy (non-hydrogen) atoms. The normalized spacial score (nSPS) is 38.6. The van der Waals surface area contributed by atoms with E-state index in [1.807, 2.05) is 43.3 Å². The Morgan fingerprint density at radius 2 is 2.00 bits per heavy atom. The van der Waals surface area contributed by atoms with E-state index < -0.39 is 7.14 Å². The Labute approximate surface area is 107 Å². The molecule has 1 saturated heterocycles. The Hall–Kier alpha value is -0.890. The lowest BCUT2D eigenvalue weighted by Gasteiger charge is -2.36. The van der Waals surface area contributed by atoms with Gasteiger partial charge in [-0.05, 0) is 6.92 Å². The molecule has 1 aromatic rings. The molecular formula is C14H17O3P. The smallest absolute Gasteiger partial charge is 0.164 e. The summed E-state index contributed by atoms with van der Waals surface area (Å²) in [5.74, 6) is 0. The van der Waals surface area contributed by atoms with Crippen LogP contribution >= 0.6 is 7.14 Å². The van der Waals surface area contributed by atoms with E-state index in [2.05, 4.69) is 6.08 Å². The predicted octanol–water partition coefficient (Wildman–Crippen LogP) is 2.72. The molecule has 3 rings (SSSR count). The third kappa shape index (κ3) is 2.07. The van der Waals surface area contributed by atoms with Gasteiger partial charge in [-0.15, -0.1) is 0 Å². The van der Waals surface area contributed by atoms with E-state index in [1.165, 1.54) is 0 Å². The first-order chi connectivity index (χ1) is 8.68. The van der Waals surface area contributed by atoms with Crippen LogP contribution in [0.1, 0.15) is 13.3 Å². The average Bonchev–Trinajstić information content (AvgIpc) is 2.72. The van der Waals surface area contributed by atoms with Crippen LogP contribution in [0.3, 0.4) is 0 Å². The molecule has 4 heteroatoms. The molecule has 2 aliphatic heterocycles. The quantitative estimate of drug-likeness (QED) is 0.622. The fourth-order valence-electron chi connectivity index (χ4n) is 2.62. The maximum Gasteiger partial charge on any atom is 0.164 e. The second kappa shape index (κ2) is 4.65. The number of rotatable bonds is 3. The van der Waals surface area contributed by atoms with Gasteiger partial charge in [0.05, 0.1) is 0 Å². The number of ether oxygens (including phenoxy) is 2. The number of benzene rings is 1. The molecule has 0 aromatic heterocycles. The standard InChI is InChI=1S/C14H17O3P/c1-11-16-14(17-11)10-13-8-5-9-18(13,15)12-6-3-2-4-7-12/h2-8,11,13-14H,9-10H2,1H3/t11?,13-,14?,18+/m1/s1. The van der Waals surface area contributed by atoms with Crippen LogP contribution in [-0.2, 0) is 14.0 Å². The van der Waals surface area contributed by atoms with E-state index in [0.29, 0.717) is 12.6 Å². The van der Waals surface area contributed by atoms with Gasteiger partial charge in [0.2, 0.25) is 0 Å². The number of hydrogen-bond donors (Lipinski definition) is 0. The zero-order valence-electron chi connectivity index (χ0n) is 10.4. The van der Waals surface area contributed by atoms with Crippen LogP contribution in [0.15, 0.2) is 42.5 Å². The Morgan fingerprint density at radius 1 is 1.28 bits per heavy atom. The summed E-state index contributed by atoms with van der Waals surface area (Å²) in [5, 5.41) is 0.965. The third-order valence-electron chi connectivity index (χ3n) is 3.58.